The normalized spacial score (nSPS) is 12.0. The number of carbonyl (C=O) groups excluding carboxylic acids is 2. The number of ether oxygens (including phenoxy) is 2. The maximum atomic E-state index is 12.5. The van der Waals surface area contributed by atoms with Crippen molar-refractivity contribution in [1.82, 2.24) is 0 Å². The van der Waals surface area contributed by atoms with Crippen LogP contribution >= 0.6 is 0 Å². The first-order chi connectivity index (χ1) is 20.8. The summed E-state index contributed by atoms with van der Waals surface area (Å²) in [5.41, 5.74) is 0.0426. The van der Waals surface area contributed by atoms with Gasteiger partial charge in [-0.1, -0.05) is 154 Å². The Morgan fingerprint density at radius 2 is 0.932 bits per heavy atom. The van der Waals surface area contributed by atoms with Gasteiger partial charge in [0.2, 0.25) is 0 Å². The molecule has 7 nitrogen and oxygen atoms in total. The summed E-state index contributed by atoms with van der Waals surface area (Å²) in [5.74, 6) is -1.49. The predicted molar refractivity (Wildman–Crippen MR) is 173 cm³/mol. The zero-order valence-corrected chi connectivity index (χ0v) is 30.9. The molecule has 0 fully saturated rings. The minimum absolute atomic E-state index is 0. The topological polar surface area (TPSA) is 110 Å². The fourth-order valence-corrected chi connectivity index (χ4v) is 5.38. The zero-order chi connectivity index (χ0) is 31.6. The Labute approximate surface area is 291 Å². The van der Waals surface area contributed by atoms with Crippen LogP contribution in [0.1, 0.15) is 176 Å². The fraction of sp³-hybridized carbons (Fsp3) is 0.771. The second-order valence-corrected chi connectivity index (χ2v) is 13.8. The van der Waals surface area contributed by atoms with Gasteiger partial charge in [0.05, 0.1) is 23.0 Å². The van der Waals surface area contributed by atoms with Crippen molar-refractivity contribution in [3.8, 4) is 0 Å². The standard InChI is InChI=1S/C35H60O7S.Na/c1-3-4-5-6-7-8-9-10-11-12-13-14-15-16-17-18-19-20-21-22-23-26-29-41-34(36)32-27-24-25-28-33(32)35(37)42-30-31(2)43(38,39)40;/h24-25,27-28,31H,3-23,26,29-30H2,1-2H3,(H,38,39,40);/q;+1/p-1. The minimum Gasteiger partial charge on any atom is -0.748 e. The molecule has 0 aliphatic carbocycles. The molecule has 0 heterocycles. The van der Waals surface area contributed by atoms with E-state index in [2.05, 4.69) is 6.92 Å². The van der Waals surface area contributed by atoms with Crippen molar-refractivity contribution < 1.29 is 61.6 Å². The van der Waals surface area contributed by atoms with Crippen LogP contribution in [0.25, 0.3) is 0 Å². The largest absolute Gasteiger partial charge is 1.00 e. The van der Waals surface area contributed by atoms with Gasteiger partial charge in [-0.3, -0.25) is 0 Å². The molecule has 0 radical (unpaired) electrons. The average molecular weight is 647 g/mol. The summed E-state index contributed by atoms with van der Waals surface area (Å²) in [6.07, 6.45) is 29.0. The number of benzene rings is 1. The maximum absolute atomic E-state index is 12.5. The number of hydrogen-bond acceptors (Lipinski definition) is 7. The van der Waals surface area contributed by atoms with Crippen molar-refractivity contribution in [3.05, 3.63) is 35.4 Å². The number of esters is 2. The van der Waals surface area contributed by atoms with Gasteiger partial charge in [0, 0.05) is 0 Å². The van der Waals surface area contributed by atoms with Crippen LogP contribution in [0.2, 0.25) is 0 Å². The third-order valence-corrected chi connectivity index (χ3v) is 9.16. The minimum atomic E-state index is -4.56. The Balaban J connectivity index is 0.0000185. The second-order valence-electron chi connectivity index (χ2n) is 12.0. The van der Waals surface area contributed by atoms with Crippen molar-refractivity contribution in [2.45, 2.75) is 160 Å². The van der Waals surface area contributed by atoms with Crippen LogP contribution in [-0.4, -0.2) is 43.4 Å². The molecule has 0 aliphatic rings. The molecule has 1 aromatic rings. The van der Waals surface area contributed by atoms with E-state index in [1.54, 1.807) is 12.1 Å². The van der Waals surface area contributed by atoms with Gasteiger partial charge in [0.15, 0.2) is 0 Å². The first-order valence-electron chi connectivity index (χ1n) is 17.1. The molecule has 0 amide bonds. The maximum Gasteiger partial charge on any atom is 1.00 e. The molecule has 1 unspecified atom stereocenters. The summed E-state index contributed by atoms with van der Waals surface area (Å²) in [4.78, 5) is 24.9. The van der Waals surface area contributed by atoms with Gasteiger partial charge in [-0.25, -0.2) is 18.0 Å². The number of carbonyl (C=O) groups is 2. The van der Waals surface area contributed by atoms with E-state index in [4.69, 9.17) is 9.47 Å². The van der Waals surface area contributed by atoms with Crippen molar-refractivity contribution in [2.24, 2.45) is 0 Å². The molecular formula is C35H59NaO7S. The van der Waals surface area contributed by atoms with E-state index in [1.165, 1.54) is 134 Å². The van der Waals surface area contributed by atoms with Crippen molar-refractivity contribution in [2.75, 3.05) is 13.2 Å². The Morgan fingerprint density at radius 3 is 1.27 bits per heavy atom. The molecule has 0 N–H and O–H groups in total. The van der Waals surface area contributed by atoms with Crippen molar-refractivity contribution in [3.63, 3.8) is 0 Å². The van der Waals surface area contributed by atoms with Crippen molar-refractivity contribution in [1.29, 1.82) is 0 Å². The molecule has 0 saturated carbocycles. The molecule has 248 valence electrons. The first kappa shape index (κ1) is 43.1. The van der Waals surface area contributed by atoms with E-state index in [9.17, 15) is 22.6 Å². The molecule has 0 saturated heterocycles. The van der Waals surface area contributed by atoms with E-state index < -0.39 is 33.9 Å². The Bertz CT molecular complexity index is 968. The summed E-state index contributed by atoms with van der Waals surface area (Å²) in [6, 6.07) is 6.05. The molecule has 0 bridgehead atoms. The molecule has 0 aliphatic heterocycles. The number of unbranched alkanes of at least 4 members (excludes halogenated alkanes) is 21. The Hall–Kier alpha value is -0.930. The molecule has 1 rings (SSSR count). The smallest absolute Gasteiger partial charge is 0.748 e. The van der Waals surface area contributed by atoms with Gasteiger partial charge < -0.3 is 14.0 Å². The molecule has 9 heteroatoms. The van der Waals surface area contributed by atoms with Gasteiger partial charge in [-0.2, -0.15) is 0 Å². The van der Waals surface area contributed by atoms with E-state index in [-0.39, 0.29) is 47.3 Å². The van der Waals surface area contributed by atoms with Gasteiger partial charge in [0.1, 0.15) is 16.7 Å². The molecule has 0 spiro atoms. The van der Waals surface area contributed by atoms with Crippen LogP contribution in [0.4, 0.5) is 0 Å². The van der Waals surface area contributed by atoms with E-state index in [0.717, 1.165) is 26.2 Å². The van der Waals surface area contributed by atoms with Crippen LogP contribution in [-0.2, 0) is 19.6 Å². The number of hydrogen-bond donors (Lipinski definition) is 0. The third kappa shape index (κ3) is 22.6. The Morgan fingerprint density at radius 1 is 0.614 bits per heavy atom. The van der Waals surface area contributed by atoms with Gasteiger partial charge in [0.25, 0.3) is 0 Å². The second kappa shape index (κ2) is 28.3. The molecular weight excluding hydrogens is 587 g/mol. The summed E-state index contributed by atoms with van der Waals surface area (Å²) < 4.78 is 43.3. The average Bonchev–Trinajstić information content (AvgIpc) is 2.99. The third-order valence-electron chi connectivity index (χ3n) is 8.04. The van der Waals surface area contributed by atoms with Gasteiger partial charge in [-0.15, -0.1) is 0 Å². The summed E-state index contributed by atoms with van der Waals surface area (Å²) in [5, 5.41) is -1.37. The van der Waals surface area contributed by atoms with Crippen LogP contribution in [0.5, 0.6) is 0 Å². The predicted octanol–water partition coefficient (Wildman–Crippen LogP) is 6.54. The summed E-state index contributed by atoms with van der Waals surface area (Å²) in [6.45, 7) is 3.14. The summed E-state index contributed by atoms with van der Waals surface area (Å²) >= 11 is 0. The molecule has 1 aromatic carbocycles. The molecule has 0 aromatic heterocycles. The van der Waals surface area contributed by atoms with Crippen molar-refractivity contribution >= 4 is 22.1 Å². The number of rotatable bonds is 28. The van der Waals surface area contributed by atoms with Gasteiger partial charge >= 0.3 is 41.5 Å². The zero-order valence-electron chi connectivity index (χ0n) is 28.1. The van der Waals surface area contributed by atoms with Crippen LogP contribution < -0.4 is 29.6 Å². The van der Waals surface area contributed by atoms with Crippen LogP contribution in [0, 0.1) is 0 Å². The Kier molecular flexibility index (Phi) is 27.7. The van der Waals surface area contributed by atoms with Gasteiger partial charge in [-0.05, 0) is 25.5 Å². The first-order valence-corrected chi connectivity index (χ1v) is 18.6. The van der Waals surface area contributed by atoms with Crippen LogP contribution in [0.3, 0.4) is 0 Å². The monoisotopic (exact) mass is 646 g/mol. The van der Waals surface area contributed by atoms with E-state index in [1.807, 2.05) is 0 Å². The molecule has 1 atom stereocenters. The fourth-order valence-electron chi connectivity index (χ4n) is 5.15. The van der Waals surface area contributed by atoms with E-state index in [0.29, 0.717) is 0 Å². The SMILES string of the molecule is CCCCCCCCCCCCCCCCCCCCCCCCOC(=O)c1ccccc1C(=O)OCC(C)S(=O)(=O)[O-].[Na+]. The molecule has 44 heavy (non-hydrogen) atoms. The quantitative estimate of drug-likeness (QED) is 0.0440. The van der Waals surface area contributed by atoms with E-state index >= 15 is 0 Å². The summed E-state index contributed by atoms with van der Waals surface area (Å²) in [7, 11) is -4.56. The van der Waals surface area contributed by atoms with Crippen LogP contribution in [0.15, 0.2) is 24.3 Å².